The summed E-state index contributed by atoms with van der Waals surface area (Å²) in [5, 5.41) is 12.3. The minimum atomic E-state index is -2.31. The van der Waals surface area contributed by atoms with Gasteiger partial charge in [-0.3, -0.25) is 34.1 Å². The molecule has 7 atom stereocenters. The third kappa shape index (κ3) is 11.5. The number of nitrogens with zero attached hydrogens (tertiary/aromatic N) is 1. The number of esters is 5. The second-order valence-electron chi connectivity index (χ2n) is 9.97. The molecule has 15 heteroatoms. The molecule has 0 aliphatic heterocycles. The molecule has 220 valence electrons. The summed E-state index contributed by atoms with van der Waals surface area (Å²) in [4.78, 5) is 71.8. The highest BCUT2D eigenvalue weighted by molar-refractivity contribution is 6.69. The van der Waals surface area contributed by atoms with E-state index in [4.69, 9.17) is 28.1 Å². The maximum absolute atomic E-state index is 12.3. The zero-order chi connectivity index (χ0) is 30.1. The Balaban J connectivity index is 3.77. The first-order valence-corrected chi connectivity index (χ1v) is 15.6. The van der Waals surface area contributed by atoms with Crippen LogP contribution in [0.3, 0.4) is 0 Å². The van der Waals surface area contributed by atoms with Gasteiger partial charge in [0.05, 0.1) is 5.92 Å². The topological polar surface area (TPSA) is 184 Å². The molecule has 1 rings (SSSR count). The highest BCUT2D eigenvalue weighted by Gasteiger charge is 2.54. The van der Waals surface area contributed by atoms with Crippen LogP contribution in [0, 0.1) is 16.0 Å². The molecule has 14 nitrogen and oxygen atoms in total. The normalized spacial score (nSPS) is 21.9. The minimum Gasteiger partial charge on any atom is -0.462 e. The van der Waals surface area contributed by atoms with E-state index in [2.05, 4.69) is 0 Å². The van der Waals surface area contributed by atoms with Crippen molar-refractivity contribution >= 4 is 38.2 Å². The maximum Gasteiger partial charge on any atom is 0.303 e. The number of ether oxygens (including phenoxy) is 5. The standard InChI is InChI=1S/C24H37NO13Si/c1-13(26)33-12-20(34-14(2)27)23(36-16(4)29)24(37-17(5)30)22(35-15(3)28)18-10-9-11-19(21(18)25(31)32)38-39(6,7)8/h9,11,18-24H,10,12H2,1-8H3/t18-,19-,20-,21+,22?,23+,24-/m1/s1. The second-order valence-corrected chi connectivity index (χ2v) is 14.4. The van der Waals surface area contributed by atoms with Crippen molar-refractivity contribution in [1.82, 2.24) is 0 Å². The molecule has 0 fully saturated rings. The fourth-order valence-electron chi connectivity index (χ4n) is 4.25. The summed E-state index contributed by atoms with van der Waals surface area (Å²) in [6.45, 7) is 10.2. The van der Waals surface area contributed by atoms with Gasteiger partial charge in [0.1, 0.15) is 12.7 Å². The van der Waals surface area contributed by atoms with Gasteiger partial charge in [0.15, 0.2) is 32.7 Å². The largest absolute Gasteiger partial charge is 0.462 e. The summed E-state index contributed by atoms with van der Waals surface area (Å²) >= 11 is 0. The van der Waals surface area contributed by atoms with Crippen LogP contribution < -0.4 is 0 Å². The molecule has 0 radical (unpaired) electrons. The molecule has 0 aromatic carbocycles. The Morgan fingerprint density at radius 3 is 1.79 bits per heavy atom. The van der Waals surface area contributed by atoms with Gasteiger partial charge in [-0.15, -0.1) is 0 Å². The van der Waals surface area contributed by atoms with Crippen LogP contribution in [0.4, 0.5) is 0 Å². The molecule has 0 aromatic rings. The van der Waals surface area contributed by atoms with Crippen LogP contribution in [-0.4, -0.2) is 86.3 Å². The summed E-state index contributed by atoms with van der Waals surface area (Å²) in [5.74, 6) is -5.45. The number of hydrogen-bond acceptors (Lipinski definition) is 13. The van der Waals surface area contributed by atoms with E-state index in [-0.39, 0.29) is 6.42 Å². The molecular weight excluding hydrogens is 538 g/mol. The predicted molar refractivity (Wildman–Crippen MR) is 135 cm³/mol. The van der Waals surface area contributed by atoms with Gasteiger partial charge in [0, 0.05) is 39.5 Å². The zero-order valence-electron chi connectivity index (χ0n) is 23.4. The van der Waals surface area contributed by atoms with Crippen molar-refractivity contribution in [1.29, 1.82) is 0 Å². The summed E-state index contributed by atoms with van der Waals surface area (Å²) in [5.41, 5.74) is 0. The van der Waals surface area contributed by atoms with E-state index in [0.717, 1.165) is 34.6 Å². The minimum absolute atomic E-state index is 0.00187. The number of nitro groups is 1. The molecule has 0 heterocycles. The SMILES string of the molecule is CC(=O)OC[C@@H](OC(C)=O)[C@H](OC(C)=O)[C@H](OC(C)=O)C(OC(C)=O)[C@@H]1CC=C[C@@H](O[Si](C)(C)C)[C@H]1[N+](=O)[O-]. The van der Waals surface area contributed by atoms with Crippen molar-refractivity contribution in [3.05, 3.63) is 22.3 Å². The molecule has 0 amide bonds. The fraction of sp³-hybridized carbons (Fsp3) is 0.708. The van der Waals surface area contributed by atoms with E-state index >= 15 is 0 Å². The van der Waals surface area contributed by atoms with Crippen molar-refractivity contribution in [2.75, 3.05) is 6.61 Å². The molecule has 1 aliphatic carbocycles. The lowest BCUT2D eigenvalue weighted by Crippen LogP contribution is -2.59. The first-order valence-electron chi connectivity index (χ1n) is 12.2. The molecule has 0 saturated heterocycles. The number of allylic oxidation sites excluding steroid dienone is 1. The Labute approximate surface area is 227 Å². The molecule has 0 bridgehead atoms. The molecular formula is C24H37NO13Si. The summed E-state index contributed by atoms with van der Waals surface area (Å²) < 4.78 is 32.6. The van der Waals surface area contributed by atoms with Crippen LogP contribution in [0.1, 0.15) is 41.0 Å². The third-order valence-electron chi connectivity index (χ3n) is 5.35. The molecule has 0 N–H and O–H groups in total. The highest BCUT2D eigenvalue weighted by atomic mass is 28.4. The van der Waals surface area contributed by atoms with E-state index < -0.39 is 92.2 Å². The quantitative estimate of drug-likeness (QED) is 0.0773. The van der Waals surface area contributed by atoms with E-state index in [1.54, 1.807) is 12.2 Å². The second kappa shape index (κ2) is 14.7. The molecule has 1 unspecified atom stereocenters. The van der Waals surface area contributed by atoms with Gasteiger partial charge in [-0.2, -0.15) is 0 Å². The third-order valence-corrected chi connectivity index (χ3v) is 6.33. The number of carbonyl (C=O) groups excluding carboxylic acids is 5. The van der Waals surface area contributed by atoms with Crippen LogP contribution in [0.5, 0.6) is 0 Å². The van der Waals surface area contributed by atoms with Gasteiger partial charge in [0.2, 0.25) is 6.04 Å². The Morgan fingerprint density at radius 2 is 1.36 bits per heavy atom. The lowest BCUT2D eigenvalue weighted by Gasteiger charge is -2.41. The number of hydrogen-bond donors (Lipinski definition) is 0. The van der Waals surface area contributed by atoms with Gasteiger partial charge in [0.25, 0.3) is 0 Å². The van der Waals surface area contributed by atoms with Crippen LogP contribution in [0.2, 0.25) is 19.6 Å². The molecule has 0 aromatic heterocycles. The van der Waals surface area contributed by atoms with Crippen molar-refractivity contribution in [3.63, 3.8) is 0 Å². The number of carbonyl (C=O) groups is 5. The van der Waals surface area contributed by atoms with Crippen LogP contribution in [0.25, 0.3) is 0 Å². The Hall–Kier alpha value is -3.33. The fourth-order valence-corrected chi connectivity index (χ4v) is 5.28. The van der Waals surface area contributed by atoms with Gasteiger partial charge >= 0.3 is 29.8 Å². The predicted octanol–water partition coefficient (Wildman–Crippen LogP) is 1.72. The van der Waals surface area contributed by atoms with Gasteiger partial charge in [-0.05, 0) is 26.1 Å². The first kappa shape index (κ1) is 33.7. The first-order chi connectivity index (χ1) is 17.9. The smallest absolute Gasteiger partial charge is 0.303 e. The average molecular weight is 576 g/mol. The van der Waals surface area contributed by atoms with E-state index in [0.29, 0.717) is 0 Å². The van der Waals surface area contributed by atoms with Gasteiger partial charge in [-0.25, -0.2) is 0 Å². The van der Waals surface area contributed by atoms with Crippen LogP contribution >= 0.6 is 0 Å². The van der Waals surface area contributed by atoms with Gasteiger partial charge in [-0.1, -0.05) is 12.2 Å². The van der Waals surface area contributed by atoms with E-state index in [9.17, 15) is 34.1 Å². The van der Waals surface area contributed by atoms with Crippen LogP contribution in [0.15, 0.2) is 12.2 Å². The van der Waals surface area contributed by atoms with Crippen molar-refractivity contribution < 1.29 is 57.0 Å². The molecule has 0 saturated carbocycles. The van der Waals surface area contributed by atoms with Gasteiger partial charge < -0.3 is 28.1 Å². The summed E-state index contributed by atoms with van der Waals surface area (Å²) in [6.07, 6.45) is -4.31. The highest BCUT2D eigenvalue weighted by Crippen LogP contribution is 2.34. The summed E-state index contributed by atoms with van der Waals surface area (Å²) in [7, 11) is -2.31. The van der Waals surface area contributed by atoms with Crippen molar-refractivity contribution in [2.45, 2.75) is 97.2 Å². The average Bonchev–Trinajstić information content (AvgIpc) is 2.75. The number of rotatable bonds is 13. The summed E-state index contributed by atoms with van der Waals surface area (Å²) in [6, 6.07) is -1.46. The Bertz CT molecular complexity index is 960. The van der Waals surface area contributed by atoms with E-state index in [1.165, 1.54) is 0 Å². The van der Waals surface area contributed by atoms with E-state index in [1.807, 2.05) is 19.6 Å². The molecule has 39 heavy (non-hydrogen) atoms. The zero-order valence-corrected chi connectivity index (χ0v) is 24.4. The van der Waals surface area contributed by atoms with Crippen molar-refractivity contribution in [3.8, 4) is 0 Å². The Morgan fingerprint density at radius 1 is 0.846 bits per heavy atom. The van der Waals surface area contributed by atoms with Crippen molar-refractivity contribution in [2.24, 2.45) is 5.92 Å². The van der Waals surface area contributed by atoms with Crippen LogP contribution in [-0.2, 0) is 52.1 Å². The Kier molecular flexibility index (Phi) is 12.7. The monoisotopic (exact) mass is 575 g/mol. The molecule has 0 spiro atoms. The lowest BCUT2D eigenvalue weighted by atomic mass is 9.79. The maximum atomic E-state index is 12.3. The molecule has 1 aliphatic rings. The lowest BCUT2D eigenvalue weighted by molar-refractivity contribution is -0.544.